The van der Waals surface area contributed by atoms with Gasteiger partial charge in [0.1, 0.15) is 0 Å². The summed E-state index contributed by atoms with van der Waals surface area (Å²) in [6.07, 6.45) is 0.813. The van der Waals surface area contributed by atoms with Crippen molar-refractivity contribution in [1.29, 1.82) is 0 Å². The lowest BCUT2D eigenvalue weighted by atomic mass is 10.1. The number of carbonyl (C=O) groups excluding carboxylic acids is 4. The van der Waals surface area contributed by atoms with Gasteiger partial charge in [0, 0.05) is 18.7 Å². The second-order valence-electron chi connectivity index (χ2n) is 7.12. The first-order valence-electron chi connectivity index (χ1n) is 9.89. The number of aryl methyl sites for hydroxylation is 1. The quantitative estimate of drug-likeness (QED) is 0.716. The van der Waals surface area contributed by atoms with Crippen molar-refractivity contribution in [3.8, 4) is 0 Å². The molecule has 1 heterocycles. The molecule has 1 fully saturated rings. The maximum Gasteiger partial charge on any atom is 0.339 e. The number of esters is 2. The Labute approximate surface area is 180 Å². The van der Waals surface area contributed by atoms with Gasteiger partial charge in [-0.1, -0.05) is 25.1 Å². The minimum Gasteiger partial charge on any atom is -0.465 e. The van der Waals surface area contributed by atoms with E-state index in [9.17, 15) is 19.2 Å². The van der Waals surface area contributed by atoms with Crippen LogP contribution in [0.15, 0.2) is 42.5 Å². The van der Waals surface area contributed by atoms with Crippen LogP contribution in [0.2, 0.25) is 0 Å². The van der Waals surface area contributed by atoms with E-state index >= 15 is 0 Å². The summed E-state index contributed by atoms with van der Waals surface area (Å²) in [6.45, 7) is 2.23. The van der Waals surface area contributed by atoms with Gasteiger partial charge in [-0.2, -0.15) is 0 Å². The van der Waals surface area contributed by atoms with Crippen LogP contribution < -0.4 is 10.2 Å². The third-order valence-corrected chi connectivity index (χ3v) is 5.26. The molecule has 3 rings (SSSR count). The van der Waals surface area contributed by atoms with Crippen molar-refractivity contribution in [2.75, 3.05) is 31.0 Å². The van der Waals surface area contributed by atoms with Gasteiger partial charge in [0.05, 0.1) is 37.0 Å². The van der Waals surface area contributed by atoms with Gasteiger partial charge in [0.25, 0.3) is 0 Å². The van der Waals surface area contributed by atoms with Crippen LogP contribution in [-0.4, -0.2) is 44.5 Å². The highest BCUT2D eigenvalue weighted by atomic mass is 16.5. The Morgan fingerprint density at radius 2 is 1.77 bits per heavy atom. The zero-order chi connectivity index (χ0) is 22.5. The highest BCUT2D eigenvalue weighted by Gasteiger charge is 2.36. The number of hydrogen-bond acceptors (Lipinski definition) is 6. The molecule has 8 nitrogen and oxygen atoms in total. The van der Waals surface area contributed by atoms with E-state index < -0.39 is 23.8 Å². The molecule has 1 N–H and O–H groups in total. The van der Waals surface area contributed by atoms with Gasteiger partial charge in [-0.05, 0) is 36.2 Å². The third kappa shape index (κ3) is 4.58. The Morgan fingerprint density at radius 1 is 1.06 bits per heavy atom. The molecule has 1 aliphatic heterocycles. The van der Waals surface area contributed by atoms with Crippen molar-refractivity contribution in [3.63, 3.8) is 0 Å². The van der Waals surface area contributed by atoms with Crippen LogP contribution >= 0.6 is 0 Å². The van der Waals surface area contributed by atoms with Crippen molar-refractivity contribution in [1.82, 2.24) is 0 Å². The Morgan fingerprint density at radius 3 is 2.45 bits per heavy atom. The molecule has 31 heavy (non-hydrogen) atoms. The molecule has 2 amide bonds. The zero-order valence-corrected chi connectivity index (χ0v) is 17.6. The van der Waals surface area contributed by atoms with Gasteiger partial charge in [-0.3, -0.25) is 9.59 Å². The van der Waals surface area contributed by atoms with Crippen molar-refractivity contribution in [3.05, 3.63) is 59.2 Å². The second kappa shape index (κ2) is 9.42. The molecule has 0 radical (unpaired) electrons. The van der Waals surface area contributed by atoms with Crippen molar-refractivity contribution in [2.45, 2.75) is 19.8 Å². The molecule has 1 aliphatic rings. The molecule has 0 spiro atoms. The van der Waals surface area contributed by atoms with Crippen LogP contribution in [0.3, 0.4) is 0 Å². The van der Waals surface area contributed by atoms with E-state index in [1.54, 1.807) is 4.90 Å². The number of nitrogens with zero attached hydrogens (tertiary/aromatic N) is 1. The number of rotatable bonds is 6. The highest BCUT2D eigenvalue weighted by Crippen LogP contribution is 2.30. The largest absolute Gasteiger partial charge is 0.465 e. The summed E-state index contributed by atoms with van der Waals surface area (Å²) in [6, 6.07) is 11.7. The first-order chi connectivity index (χ1) is 14.9. The van der Waals surface area contributed by atoms with Crippen LogP contribution in [0.4, 0.5) is 11.4 Å². The standard InChI is InChI=1S/C23H24N2O6/c1-4-14-7-5-6-8-19(14)25-13-16(12-20(25)26)21(27)24-18-11-15(22(28)30-2)9-10-17(18)23(29)31-3/h5-11,16H,4,12-13H2,1-3H3,(H,24,27). The van der Waals surface area contributed by atoms with Crippen molar-refractivity contribution in [2.24, 2.45) is 5.92 Å². The third-order valence-electron chi connectivity index (χ3n) is 5.26. The lowest BCUT2D eigenvalue weighted by molar-refractivity contribution is -0.122. The molecule has 0 aromatic heterocycles. The van der Waals surface area contributed by atoms with E-state index in [0.717, 1.165) is 17.7 Å². The van der Waals surface area contributed by atoms with E-state index in [2.05, 4.69) is 5.32 Å². The van der Waals surface area contributed by atoms with Crippen LogP contribution in [0, 0.1) is 5.92 Å². The van der Waals surface area contributed by atoms with Gasteiger partial charge in [0.2, 0.25) is 11.8 Å². The molecule has 0 bridgehead atoms. The SMILES string of the molecule is CCc1ccccc1N1CC(C(=O)Nc2cc(C(=O)OC)ccc2C(=O)OC)CC1=O. The fourth-order valence-electron chi connectivity index (χ4n) is 3.60. The first kappa shape index (κ1) is 22.0. The minimum absolute atomic E-state index is 0.0497. The molecule has 1 saturated heterocycles. The van der Waals surface area contributed by atoms with Gasteiger partial charge in [-0.25, -0.2) is 9.59 Å². The molecule has 2 aromatic rings. The molecule has 162 valence electrons. The Bertz CT molecular complexity index is 1030. The Hall–Kier alpha value is -3.68. The summed E-state index contributed by atoms with van der Waals surface area (Å²) >= 11 is 0. The van der Waals surface area contributed by atoms with E-state index in [4.69, 9.17) is 9.47 Å². The summed E-state index contributed by atoms with van der Waals surface area (Å²) in [5.74, 6) is -2.43. The van der Waals surface area contributed by atoms with Crippen LogP contribution in [0.5, 0.6) is 0 Å². The summed E-state index contributed by atoms with van der Waals surface area (Å²) in [4.78, 5) is 51.1. The fourth-order valence-corrected chi connectivity index (χ4v) is 3.60. The number of anilines is 2. The molecule has 8 heteroatoms. The minimum atomic E-state index is -0.660. The number of benzene rings is 2. The number of carbonyl (C=O) groups is 4. The lowest BCUT2D eigenvalue weighted by Gasteiger charge is -2.20. The van der Waals surface area contributed by atoms with Gasteiger partial charge in [-0.15, -0.1) is 0 Å². The molecule has 1 unspecified atom stereocenters. The predicted octanol–water partition coefficient (Wildman–Crippen LogP) is 2.81. The molecule has 0 aliphatic carbocycles. The number of methoxy groups -OCH3 is 2. The summed E-state index contributed by atoms with van der Waals surface area (Å²) in [5.41, 5.74) is 2.22. The number of amides is 2. The topological polar surface area (TPSA) is 102 Å². The number of hydrogen-bond donors (Lipinski definition) is 1. The van der Waals surface area contributed by atoms with Crippen LogP contribution in [0.1, 0.15) is 39.6 Å². The number of nitrogens with one attached hydrogen (secondary N) is 1. The average Bonchev–Trinajstić information content (AvgIpc) is 3.19. The lowest BCUT2D eigenvalue weighted by Crippen LogP contribution is -2.29. The van der Waals surface area contributed by atoms with E-state index in [1.807, 2.05) is 31.2 Å². The van der Waals surface area contributed by atoms with Gasteiger partial charge in [0.15, 0.2) is 0 Å². The predicted molar refractivity (Wildman–Crippen MR) is 114 cm³/mol. The summed E-state index contributed by atoms with van der Waals surface area (Å²) < 4.78 is 9.46. The Balaban J connectivity index is 1.83. The van der Waals surface area contributed by atoms with Crippen LogP contribution in [-0.2, 0) is 25.5 Å². The van der Waals surface area contributed by atoms with Gasteiger partial charge < -0.3 is 19.7 Å². The molecule has 0 saturated carbocycles. The van der Waals surface area contributed by atoms with Crippen molar-refractivity contribution < 1.29 is 28.7 Å². The summed E-state index contributed by atoms with van der Waals surface area (Å²) in [7, 11) is 2.46. The molecular weight excluding hydrogens is 400 g/mol. The van der Waals surface area contributed by atoms with Crippen LogP contribution in [0.25, 0.3) is 0 Å². The van der Waals surface area contributed by atoms with E-state index in [-0.39, 0.29) is 35.7 Å². The zero-order valence-electron chi connectivity index (χ0n) is 17.6. The second-order valence-corrected chi connectivity index (χ2v) is 7.12. The Kier molecular flexibility index (Phi) is 6.69. The maximum absolute atomic E-state index is 12.9. The maximum atomic E-state index is 12.9. The summed E-state index contributed by atoms with van der Waals surface area (Å²) in [5, 5.41) is 2.68. The monoisotopic (exact) mass is 424 g/mol. The number of para-hydroxylation sites is 1. The van der Waals surface area contributed by atoms with E-state index in [0.29, 0.717) is 0 Å². The molecular formula is C23H24N2O6. The average molecular weight is 424 g/mol. The normalized spacial score (nSPS) is 15.5. The van der Waals surface area contributed by atoms with E-state index in [1.165, 1.54) is 32.4 Å². The van der Waals surface area contributed by atoms with Crippen molar-refractivity contribution >= 4 is 35.1 Å². The smallest absolute Gasteiger partial charge is 0.339 e. The number of ether oxygens (including phenoxy) is 2. The fraction of sp³-hybridized carbons (Fsp3) is 0.304. The highest BCUT2D eigenvalue weighted by molar-refractivity contribution is 6.07. The first-order valence-corrected chi connectivity index (χ1v) is 9.89. The molecule has 1 atom stereocenters. The van der Waals surface area contributed by atoms with Gasteiger partial charge >= 0.3 is 11.9 Å². The molecule has 2 aromatic carbocycles.